The molecule has 0 bridgehead atoms. The van der Waals surface area contributed by atoms with Gasteiger partial charge in [0.05, 0.1) is 5.56 Å². The minimum atomic E-state index is -2.69. The highest BCUT2D eigenvalue weighted by Crippen LogP contribution is 2.27. The third-order valence-electron chi connectivity index (χ3n) is 3.55. The standard InChI is InChI=1S/C15H18F2N2O3S/c1-9(12(20)19-10-5-2-3-6-10)22-14(21)11-7-4-8-18-13(11)23-15(16)17/h4,7-10,15H,2-3,5-6H2,1H3,(H,19,20)/t9-/m1/s1. The number of halogens is 2. The fraction of sp³-hybridized carbons (Fsp3) is 0.533. The number of aromatic nitrogens is 1. The highest BCUT2D eigenvalue weighted by molar-refractivity contribution is 7.99. The van der Waals surface area contributed by atoms with E-state index in [-0.39, 0.29) is 34.3 Å². The number of hydrogen-bond donors (Lipinski definition) is 1. The molecule has 2 rings (SSSR count). The van der Waals surface area contributed by atoms with Crippen LogP contribution in [0.15, 0.2) is 23.4 Å². The maximum Gasteiger partial charge on any atom is 0.341 e. The lowest BCUT2D eigenvalue weighted by Crippen LogP contribution is -2.40. The molecule has 0 spiro atoms. The number of esters is 1. The molecule has 126 valence electrons. The van der Waals surface area contributed by atoms with Crippen LogP contribution in [-0.2, 0) is 9.53 Å². The van der Waals surface area contributed by atoms with Crippen LogP contribution in [0.5, 0.6) is 0 Å². The predicted octanol–water partition coefficient (Wildman–Crippen LogP) is 3.00. The van der Waals surface area contributed by atoms with Crippen molar-refractivity contribution in [1.29, 1.82) is 0 Å². The summed E-state index contributed by atoms with van der Waals surface area (Å²) in [6.45, 7) is 1.46. The number of carbonyl (C=O) groups excluding carboxylic acids is 2. The molecule has 5 nitrogen and oxygen atoms in total. The summed E-state index contributed by atoms with van der Waals surface area (Å²) in [5.74, 6) is -3.91. The zero-order valence-corrected chi connectivity index (χ0v) is 13.4. The first kappa shape index (κ1) is 17.7. The lowest BCUT2D eigenvalue weighted by Gasteiger charge is -2.17. The smallest absolute Gasteiger partial charge is 0.341 e. The summed E-state index contributed by atoms with van der Waals surface area (Å²) in [6, 6.07) is 2.92. The van der Waals surface area contributed by atoms with Gasteiger partial charge in [0.15, 0.2) is 6.10 Å². The van der Waals surface area contributed by atoms with Crippen molar-refractivity contribution < 1.29 is 23.1 Å². The van der Waals surface area contributed by atoms with E-state index in [9.17, 15) is 18.4 Å². The van der Waals surface area contributed by atoms with Crippen molar-refractivity contribution in [3.05, 3.63) is 23.9 Å². The lowest BCUT2D eigenvalue weighted by atomic mass is 10.2. The van der Waals surface area contributed by atoms with Crippen LogP contribution in [0.3, 0.4) is 0 Å². The summed E-state index contributed by atoms with van der Waals surface area (Å²) >= 11 is 0.169. The van der Waals surface area contributed by atoms with E-state index < -0.39 is 17.8 Å². The van der Waals surface area contributed by atoms with Crippen molar-refractivity contribution in [1.82, 2.24) is 10.3 Å². The van der Waals surface area contributed by atoms with E-state index in [4.69, 9.17) is 4.74 Å². The second-order valence-electron chi connectivity index (χ2n) is 5.27. The molecule has 1 atom stereocenters. The molecule has 1 saturated carbocycles. The quantitative estimate of drug-likeness (QED) is 0.635. The van der Waals surface area contributed by atoms with Crippen LogP contribution < -0.4 is 5.32 Å². The van der Waals surface area contributed by atoms with Gasteiger partial charge in [0.2, 0.25) is 0 Å². The molecule has 8 heteroatoms. The minimum absolute atomic E-state index is 0.0710. The van der Waals surface area contributed by atoms with Crippen molar-refractivity contribution in [3.8, 4) is 0 Å². The van der Waals surface area contributed by atoms with E-state index in [2.05, 4.69) is 10.3 Å². The molecule has 0 radical (unpaired) electrons. The van der Waals surface area contributed by atoms with E-state index >= 15 is 0 Å². The number of amides is 1. The van der Waals surface area contributed by atoms with Crippen molar-refractivity contribution >= 4 is 23.6 Å². The van der Waals surface area contributed by atoms with Crippen molar-refractivity contribution in [2.75, 3.05) is 0 Å². The van der Waals surface area contributed by atoms with Gasteiger partial charge in [0.1, 0.15) is 5.03 Å². The second-order valence-corrected chi connectivity index (χ2v) is 6.25. The number of rotatable bonds is 6. The first-order valence-electron chi connectivity index (χ1n) is 7.38. The third kappa shape index (κ3) is 5.16. The number of hydrogen-bond acceptors (Lipinski definition) is 5. The van der Waals surface area contributed by atoms with Crippen LogP contribution in [0.1, 0.15) is 43.0 Å². The van der Waals surface area contributed by atoms with E-state index in [1.165, 1.54) is 25.3 Å². The van der Waals surface area contributed by atoms with Gasteiger partial charge in [-0.3, -0.25) is 4.79 Å². The average Bonchev–Trinajstić information content (AvgIpc) is 2.99. The fourth-order valence-electron chi connectivity index (χ4n) is 2.39. The number of pyridine rings is 1. The molecule has 1 aromatic heterocycles. The van der Waals surface area contributed by atoms with Gasteiger partial charge in [-0.25, -0.2) is 9.78 Å². The van der Waals surface area contributed by atoms with E-state index in [0.717, 1.165) is 25.7 Å². The molecular weight excluding hydrogens is 326 g/mol. The van der Waals surface area contributed by atoms with Gasteiger partial charge in [-0.2, -0.15) is 8.78 Å². The highest BCUT2D eigenvalue weighted by Gasteiger charge is 2.25. The highest BCUT2D eigenvalue weighted by atomic mass is 32.2. The molecule has 0 aromatic carbocycles. The Balaban J connectivity index is 1.96. The van der Waals surface area contributed by atoms with Crippen LogP contribution in [0.2, 0.25) is 0 Å². The van der Waals surface area contributed by atoms with Crippen molar-refractivity contribution in [3.63, 3.8) is 0 Å². The summed E-state index contributed by atoms with van der Waals surface area (Å²) in [5, 5.41) is 2.71. The Bertz CT molecular complexity index is 565. The molecule has 1 amide bonds. The number of nitrogens with zero attached hydrogens (tertiary/aromatic N) is 1. The van der Waals surface area contributed by atoms with Gasteiger partial charge in [0, 0.05) is 12.2 Å². The molecule has 1 heterocycles. The second kappa shape index (κ2) is 8.24. The molecule has 1 aliphatic carbocycles. The van der Waals surface area contributed by atoms with Gasteiger partial charge >= 0.3 is 5.97 Å². The monoisotopic (exact) mass is 344 g/mol. The normalized spacial score (nSPS) is 16.3. The largest absolute Gasteiger partial charge is 0.449 e. The number of nitrogens with one attached hydrogen (secondary N) is 1. The van der Waals surface area contributed by atoms with Crippen molar-refractivity contribution in [2.24, 2.45) is 0 Å². The molecule has 1 aliphatic rings. The van der Waals surface area contributed by atoms with Crippen LogP contribution >= 0.6 is 11.8 Å². The van der Waals surface area contributed by atoms with Crippen molar-refractivity contribution in [2.45, 2.75) is 55.5 Å². The van der Waals surface area contributed by atoms with Crippen LogP contribution in [-0.4, -0.2) is 34.8 Å². The zero-order chi connectivity index (χ0) is 16.8. The summed E-state index contributed by atoms with van der Waals surface area (Å²) < 4.78 is 30.1. The lowest BCUT2D eigenvalue weighted by molar-refractivity contribution is -0.129. The van der Waals surface area contributed by atoms with Crippen LogP contribution in [0.25, 0.3) is 0 Å². The predicted molar refractivity (Wildman–Crippen MR) is 81.4 cm³/mol. The summed E-state index contributed by atoms with van der Waals surface area (Å²) in [6.07, 6.45) is 4.31. The molecule has 0 aliphatic heterocycles. The Morgan fingerprint density at radius 1 is 1.39 bits per heavy atom. The Morgan fingerprint density at radius 2 is 2.09 bits per heavy atom. The summed E-state index contributed by atoms with van der Waals surface area (Å²) in [7, 11) is 0. The number of ether oxygens (including phenoxy) is 1. The Morgan fingerprint density at radius 3 is 2.74 bits per heavy atom. The maximum atomic E-state index is 12.5. The van der Waals surface area contributed by atoms with Gasteiger partial charge < -0.3 is 10.1 Å². The molecule has 1 N–H and O–H groups in total. The number of alkyl halides is 2. The molecular formula is C15H18F2N2O3S. The van der Waals surface area contributed by atoms with E-state index in [1.807, 2.05) is 0 Å². The number of carbonyl (C=O) groups is 2. The Kier molecular flexibility index (Phi) is 6.32. The Hall–Kier alpha value is -1.70. The summed E-state index contributed by atoms with van der Waals surface area (Å²) in [5.41, 5.74) is -0.0710. The third-order valence-corrected chi connectivity index (χ3v) is 4.27. The SMILES string of the molecule is C[C@@H](OC(=O)c1cccnc1SC(F)F)C(=O)NC1CCCC1. The first-order chi connectivity index (χ1) is 11.0. The summed E-state index contributed by atoms with van der Waals surface area (Å²) in [4.78, 5) is 27.9. The molecule has 0 unspecified atom stereocenters. The minimum Gasteiger partial charge on any atom is -0.449 e. The van der Waals surface area contributed by atoms with Gasteiger partial charge in [-0.1, -0.05) is 12.8 Å². The van der Waals surface area contributed by atoms with E-state index in [1.54, 1.807) is 0 Å². The van der Waals surface area contributed by atoms with Gasteiger partial charge in [0.25, 0.3) is 11.7 Å². The van der Waals surface area contributed by atoms with Gasteiger partial charge in [-0.05, 0) is 43.7 Å². The van der Waals surface area contributed by atoms with Crippen LogP contribution in [0.4, 0.5) is 8.78 Å². The fourth-order valence-corrected chi connectivity index (χ4v) is 2.96. The number of thioether (sulfide) groups is 1. The molecule has 1 aromatic rings. The topological polar surface area (TPSA) is 68.3 Å². The molecule has 23 heavy (non-hydrogen) atoms. The maximum absolute atomic E-state index is 12.5. The van der Waals surface area contributed by atoms with Gasteiger partial charge in [-0.15, -0.1) is 0 Å². The Labute approximate surface area is 137 Å². The molecule has 0 saturated heterocycles. The zero-order valence-electron chi connectivity index (χ0n) is 12.6. The molecule has 1 fully saturated rings. The first-order valence-corrected chi connectivity index (χ1v) is 8.26. The van der Waals surface area contributed by atoms with Crippen LogP contribution in [0, 0.1) is 0 Å². The van der Waals surface area contributed by atoms with E-state index in [0.29, 0.717) is 0 Å². The average molecular weight is 344 g/mol.